The number of nitrogens with one attached hydrogen (secondary N) is 1. The average molecular weight is 402 g/mol. The highest BCUT2D eigenvalue weighted by Gasteiger charge is 2.35. The predicted molar refractivity (Wildman–Crippen MR) is 119 cm³/mol. The zero-order valence-electron chi connectivity index (χ0n) is 16.7. The van der Waals surface area contributed by atoms with E-state index in [1.807, 2.05) is 42.5 Å². The molecule has 2 atom stereocenters. The minimum Gasteiger partial charge on any atom is -0.507 e. The lowest BCUT2D eigenvalue weighted by Gasteiger charge is -2.22. The number of hydrogen-bond donors (Lipinski definition) is 2. The van der Waals surface area contributed by atoms with E-state index in [0.717, 1.165) is 10.8 Å². The number of benzene rings is 3. The van der Waals surface area contributed by atoms with Crippen LogP contribution in [0.4, 0.5) is 5.69 Å². The molecule has 0 aromatic heterocycles. The summed E-state index contributed by atoms with van der Waals surface area (Å²) >= 11 is 0. The Bertz CT molecular complexity index is 1140. The Hall–Kier alpha value is -3.87. The molecule has 0 spiro atoms. The lowest BCUT2D eigenvalue weighted by molar-refractivity contribution is -0.120. The summed E-state index contributed by atoms with van der Waals surface area (Å²) in [6.07, 6.45) is 3.24. The molecule has 3 aromatic rings. The van der Waals surface area contributed by atoms with Gasteiger partial charge in [-0.3, -0.25) is 14.8 Å². The molecule has 2 N–H and O–H groups in total. The van der Waals surface area contributed by atoms with E-state index in [0.29, 0.717) is 17.0 Å². The third-order valence-corrected chi connectivity index (χ3v) is 5.08. The highest BCUT2D eigenvalue weighted by molar-refractivity contribution is 6.04. The third kappa shape index (κ3) is 3.69. The number of hydrogen-bond acceptors (Lipinski definition) is 6. The number of nitrogens with zero attached hydrogens (tertiary/aromatic N) is 3. The topological polar surface area (TPSA) is 86.5 Å². The maximum Gasteiger partial charge on any atom is 0.251 e. The Morgan fingerprint density at radius 1 is 1.17 bits per heavy atom. The Kier molecular flexibility index (Phi) is 5.34. The molecule has 1 heterocycles. The molecular weight excluding hydrogens is 380 g/mol. The minimum absolute atomic E-state index is 0.135. The van der Waals surface area contributed by atoms with Crippen molar-refractivity contribution in [3.8, 4) is 11.5 Å². The van der Waals surface area contributed by atoms with Crippen molar-refractivity contribution in [2.24, 2.45) is 10.1 Å². The second-order valence-electron chi connectivity index (χ2n) is 6.96. The van der Waals surface area contributed by atoms with E-state index in [9.17, 15) is 9.90 Å². The van der Waals surface area contributed by atoms with Crippen LogP contribution in [0.5, 0.6) is 11.5 Å². The number of aliphatic imine (C=N–C) groups is 1. The van der Waals surface area contributed by atoms with E-state index in [-0.39, 0.29) is 11.7 Å². The third-order valence-electron chi connectivity index (χ3n) is 5.08. The van der Waals surface area contributed by atoms with E-state index in [2.05, 4.69) is 15.4 Å². The second-order valence-corrected chi connectivity index (χ2v) is 6.96. The molecule has 7 nitrogen and oxygen atoms in total. The van der Waals surface area contributed by atoms with Crippen molar-refractivity contribution in [2.45, 2.75) is 12.1 Å². The molecule has 1 aliphatic heterocycles. The van der Waals surface area contributed by atoms with Crippen LogP contribution in [-0.4, -0.2) is 54.7 Å². The fraction of sp³-hybridized carbons (Fsp3) is 0.174. The van der Waals surface area contributed by atoms with E-state index in [4.69, 9.17) is 4.74 Å². The lowest BCUT2D eigenvalue weighted by Crippen LogP contribution is -2.43. The number of ether oxygens (including phenoxy) is 1. The number of phenolic OH excluding ortho intramolecular Hbond substituents is 1. The zero-order chi connectivity index (χ0) is 21.1. The van der Waals surface area contributed by atoms with Crippen LogP contribution in [-0.2, 0) is 4.79 Å². The van der Waals surface area contributed by atoms with Crippen LogP contribution in [0.2, 0.25) is 0 Å². The van der Waals surface area contributed by atoms with E-state index < -0.39 is 12.1 Å². The SMILES string of the molecule is COc1ccccc1NC(=O)C1C(N=Cc2c(O)ccc3ccccc23)C=NN1C. The highest BCUT2D eigenvalue weighted by Crippen LogP contribution is 2.27. The van der Waals surface area contributed by atoms with Crippen molar-refractivity contribution in [1.29, 1.82) is 0 Å². The highest BCUT2D eigenvalue weighted by atomic mass is 16.5. The maximum atomic E-state index is 13.0. The van der Waals surface area contributed by atoms with E-state index in [1.165, 1.54) is 0 Å². The number of rotatable bonds is 5. The number of phenols is 1. The summed E-state index contributed by atoms with van der Waals surface area (Å²) in [5, 5.41) is 20.9. The Morgan fingerprint density at radius 3 is 2.77 bits per heavy atom. The summed E-state index contributed by atoms with van der Waals surface area (Å²) in [6.45, 7) is 0. The molecule has 0 radical (unpaired) electrons. The smallest absolute Gasteiger partial charge is 0.251 e. The van der Waals surface area contributed by atoms with Crippen molar-refractivity contribution in [3.05, 3.63) is 66.2 Å². The number of methoxy groups -OCH3 is 1. The number of likely N-dealkylation sites (N-methyl/N-ethyl adjacent to an activating group) is 1. The van der Waals surface area contributed by atoms with Crippen LogP contribution < -0.4 is 10.1 Å². The number of hydrazone groups is 1. The quantitative estimate of drug-likeness (QED) is 0.642. The molecule has 0 fully saturated rings. The number of carbonyl (C=O) groups is 1. The molecule has 0 saturated carbocycles. The van der Waals surface area contributed by atoms with Gasteiger partial charge in [-0.25, -0.2) is 0 Å². The first-order chi connectivity index (χ1) is 14.6. The van der Waals surface area contributed by atoms with Crippen molar-refractivity contribution >= 4 is 34.8 Å². The van der Waals surface area contributed by atoms with Gasteiger partial charge in [0.05, 0.1) is 19.0 Å². The van der Waals surface area contributed by atoms with Gasteiger partial charge in [-0.15, -0.1) is 0 Å². The number of aromatic hydroxyl groups is 1. The molecule has 3 aromatic carbocycles. The molecule has 30 heavy (non-hydrogen) atoms. The Labute approximate surface area is 174 Å². The molecule has 1 amide bonds. The molecule has 152 valence electrons. The zero-order valence-corrected chi connectivity index (χ0v) is 16.7. The number of para-hydroxylation sites is 2. The molecule has 2 unspecified atom stereocenters. The van der Waals surface area contributed by atoms with Gasteiger partial charge in [0.15, 0.2) is 6.04 Å². The summed E-state index contributed by atoms with van der Waals surface area (Å²) in [6, 6.07) is 17.4. The van der Waals surface area contributed by atoms with Gasteiger partial charge in [-0.05, 0) is 29.0 Å². The molecule has 0 saturated heterocycles. The van der Waals surface area contributed by atoms with Gasteiger partial charge in [0.2, 0.25) is 0 Å². The maximum absolute atomic E-state index is 13.0. The predicted octanol–water partition coefficient (Wildman–Crippen LogP) is 3.28. The number of fused-ring (bicyclic) bond motifs is 1. The summed E-state index contributed by atoms with van der Waals surface area (Å²) in [5.74, 6) is 0.465. The second kappa shape index (κ2) is 8.24. The van der Waals surface area contributed by atoms with Crippen LogP contribution in [0, 0.1) is 0 Å². The van der Waals surface area contributed by atoms with Crippen molar-refractivity contribution < 1.29 is 14.6 Å². The fourth-order valence-corrected chi connectivity index (χ4v) is 3.53. The van der Waals surface area contributed by atoms with Gasteiger partial charge in [-0.1, -0.05) is 42.5 Å². The van der Waals surface area contributed by atoms with Crippen LogP contribution in [0.25, 0.3) is 10.8 Å². The van der Waals surface area contributed by atoms with Crippen LogP contribution in [0.1, 0.15) is 5.56 Å². The van der Waals surface area contributed by atoms with Gasteiger partial charge in [0, 0.05) is 18.8 Å². The van der Waals surface area contributed by atoms with Crippen molar-refractivity contribution in [2.75, 3.05) is 19.5 Å². The normalized spacial score (nSPS) is 18.3. The first kappa shape index (κ1) is 19.4. The first-order valence-electron chi connectivity index (χ1n) is 9.53. The molecule has 0 aliphatic carbocycles. The van der Waals surface area contributed by atoms with Crippen LogP contribution >= 0.6 is 0 Å². The van der Waals surface area contributed by atoms with Crippen LogP contribution in [0.15, 0.2) is 70.8 Å². The summed E-state index contributed by atoms with van der Waals surface area (Å²) in [5.41, 5.74) is 1.19. The standard InChI is InChI=1S/C23H22N4O3/c1-27-22(23(29)26-18-9-5-6-10-21(18)30-2)19(14-25-27)24-13-17-16-8-4-3-7-15(16)11-12-20(17)28/h3-14,19,22,28H,1-2H3,(H,26,29). The van der Waals surface area contributed by atoms with Gasteiger partial charge in [0.1, 0.15) is 17.5 Å². The molecule has 1 aliphatic rings. The summed E-state index contributed by atoms with van der Waals surface area (Å²) in [4.78, 5) is 17.6. The van der Waals surface area contributed by atoms with Gasteiger partial charge in [-0.2, -0.15) is 5.10 Å². The number of carbonyl (C=O) groups excluding carboxylic acids is 1. The monoisotopic (exact) mass is 402 g/mol. The fourth-order valence-electron chi connectivity index (χ4n) is 3.53. The molecule has 0 bridgehead atoms. The number of amides is 1. The van der Waals surface area contributed by atoms with Gasteiger partial charge in [0.25, 0.3) is 5.91 Å². The van der Waals surface area contributed by atoms with E-state index in [1.54, 1.807) is 49.8 Å². The Morgan fingerprint density at radius 2 is 1.93 bits per heavy atom. The lowest BCUT2D eigenvalue weighted by atomic mass is 10.0. The number of anilines is 1. The van der Waals surface area contributed by atoms with Gasteiger partial charge < -0.3 is 15.2 Å². The largest absolute Gasteiger partial charge is 0.507 e. The van der Waals surface area contributed by atoms with Crippen molar-refractivity contribution in [3.63, 3.8) is 0 Å². The Balaban J connectivity index is 1.59. The molecular formula is C23H22N4O3. The minimum atomic E-state index is -0.622. The molecule has 7 heteroatoms. The molecule has 4 rings (SSSR count). The van der Waals surface area contributed by atoms with E-state index >= 15 is 0 Å². The summed E-state index contributed by atoms with van der Waals surface area (Å²) < 4.78 is 5.30. The first-order valence-corrected chi connectivity index (χ1v) is 9.53. The van der Waals surface area contributed by atoms with Crippen LogP contribution in [0.3, 0.4) is 0 Å². The average Bonchev–Trinajstić information content (AvgIpc) is 3.13. The van der Waals surface area contributed by atoms with Crippen molar-refractivity contribution in [1.82, 2.24) is 5.01 Å². The summed E-state index contributed by atoms with van der Waals surface area (Å²) in [7, 11) is 3.29. The van der Waals surface area contributed by atoms with Gasteiger partial charge >= 0.3 is 0 Å².